The summed E-state index contributed by atoms with van der Waals surface area (Å²) >= 11 is 3.00. The number of hydrogen-bond acceptors (Lipinski definition) is 4. The van der Waals surface area contributed by atoms with Crippen LogP contribution in [0, 0.1) is 6.92 Å². The molecule has 0 amide bonds. The lowest BCUT2D eigenvalue weighted by Crippen LogP contribution is -2.17. The van der Waals surface area contributed by atoms with Gasteiger partial charge < -0.3 is 15.2 Å². The Kier molecular flexibility index (Phi) is 4.04. The Morgan fingerprint density at radius 1 is 1.33 bits per heavy atom. The van der Waals surface area contributed by atoms with Gasteiger partial charge in [-0.2, -0.15) is 5.10 Å². The molecule has 0 unspecified atom stereocenters. The molecule has 0 bridgehead atoms. The maximum Gasteiger partial charge on any atom is 0.573 e. The maximum absolute atomic E-state index is 12.2. The summed E-state index contributed by atoms with van der Waals surface area (Å²) in [6, 6.07) is 3.84. The van der Waals surface area contributed by atoms with Gasteiger partial charge in [-0.25, -0.2) is 4.68 Å². The highest BCUT2D eigenvalue weighted by Gasteiger charge is 2.32. The largest absolute Gasteiger partial charge is 0.573 e. The summed E-state index contributed by atoms with van der Waals surface area (Å²) in [5.74, 6) is 0.249. The number of nitrogens with zero attached hydrogens (tertiary/aromatic N) is 2. The smallest absolute Gasteiger partial charge is 0.437 e. The van der Waals surface area contributed by atoms with Crippen LogP contribution < -0.4 is 15.2 Å². The molecular weight excluding hydrogens is 355 g/mol. The lowest BCUT2D eigenvalue weighted by molar-refractivity contribution is -0.274. The van der Waals surface area contributed by atoms with E-state index in [0.717, 1.165) is 6.07 Å². The van der Waals surface area contributed by atoms with Gasteiger partial charge in [-0.1, -0.05) is 0 Å². The summed E-state index contributed by atoms with van der Waals surface area (Å²) in [5, 5.41) is 4.08. The van der Waals surface area contributed by atoms with Crippen LogP contribution in [0.5, 0.6) is 17.4 Å². The van der Waals surface area contributed by atoms with Crippen molar-refractivity contribution in [1.82, 2.24) is 9.78 Å². The van der Waals surface area contributed by atoms with Gasteiger partial charge in [0.1, 0.15) is 17.2 Å². The molecule has 114 valence electrons. The molecule has 0 radical (unpaired) electrons. The zero-order valence-electron chi connectivity index (χ0n) is 11.0. The van der Waals surface area contributed by atoms with E-state index in [0.29, 0.717) is 23.0 Å². The molecule has 9 heteroatoms. The standard InChI is InChI=1S/C12H11BrF3N3O2/c1-6-10(17)11(19(2)18-6)20-7-3-4-9(8(13)5-7)21-12(14,15)16/h3-5H,17H2,1-2H3. The molecule has 2 aromatic rings. The Bertz CT molecular complexity index is 670. The molecule has 0 saturated heterocycles. The molecule has 0 aliphatic rings. The minimum atomic E-state index is -4.76. The van der Waals surface area contributed by atoms with Crippen molar-refractivity contribution in [2.45, 2.75) is 13.3 Å². The van der Waals surface area contributed by atoms with Gasteiger partial charge in [0.2, 0.25) is 5.88 Å². The summed E-state index contributed by atoms with van der Waals surface area (Å²) < 4.78 is 47.5. The first-order chi connectivity index (χ1) is 9.67. The van der Waals surface area contributed by atoms with Gasteiger partial charge in [0, 0.05) is 7.05 Å². The number of anilines is 1. The van der Waals surface area contributed by atoms with Gasteiger partial charge in [-0.3, -0.25) is 0 Å². The van der Waals surface area contributed by atoms with Crippen molar-refractivity contribution in [2.75, 3.05) is 5.73 Å². The van der Waals surface area contributed by atoms with E-state index in [-0.39, 0.29) is 10.2 Å². The van der Waals surface area contributed by atoms with Crippen molar-refractivity contribution in [3.63, 3.8) is 0 Å². The van der Waals surface area contributed by atoms with Crippen LogP contribution in [0.2, 0.25) is 0 Å². The molecule has 1 heterocycles. The molecule has 0 aliphatic carbocycles. The number of hydrogen-bond donors (Lipinski definition) is 1. The van der Waals surface area contributed by atoms with Crippen LogP contribution in [0.4, 0.5) is 18.9 Å². The highest BCUT2D eigenvalue weighted by Crippen LogP contribution is 2.36. The zero-order valence-corrected chi connectivity index (χ0v) is 12.6. The maximum atomic E-state index is 12.2. The van der Waals surface area contributed by atoms with Crippen molar-refractivity contribution in [3.05, 3.63) is 28.4 Å². The van der Waals surface area contributed by atoms with Crippen molar-refractivity contribution >= 4 is 21.6 Å². The lowest BCUT2D eigenvalue weighted by Gasteiger charge is -2.12. The van der Waals surface area contributed by atoms with Crippen LogP contribution in [-0.2, 0) is 7.05 Å². The Hall–Kier alpha value is -1.90. The third-order valence-electron chi connectivity index (χ3n) is 2.56. The van der Waals surface area contributed by atoms with E-state index in [1.54, 1.807) is 14.0 Å². The summed E-state index contributed by atoms with van der Waals surface area (Å²) in [5.41, 5.74) is 6.77. The molecule has 21 heavy (non-hydrogen) atoms. The molecule has 0 aliphatic heterocycles. The molecule has 0 saturated carbocycles. The molecule has 0 atom stereocenters. The first-order valence-electron chi connectivity index (χ1n) is 5.69. The minimum absolute atomic E-state index is 0.106. The van der Waals surface area contributed by atoms with Gasteiger partial charge in [0.15, 0.2) is 0 Å². The molecule has 1 aromatic heterocycles. The SMILES string of the molecule is Cc1nn(C)c(Oc2ccc(OC(F)(F)F)c(Br)c2)c1N. The first-order valence-corrected chi connectivity index (χ1v) is 6.49. The average Bonchev–Trinajstić information content (AvgIpc) is 2.58. The number of ether oxygens (including phenoxy) is 2. The molecule has 1 aromatic carbocycles. The van der Waals surface area contributed by atoms with Gasteiger partial charge in [0.25, 0.3) is 0 Å². The quantitative estimate of drug-likeness (QED) is 0.899. The highest BCUT2D eigenvalue weighted by atomic mass is 79.9. The van der Waals surface area contributed by atoms with E-state index in [1.165, 1.54) is 16.8 Å². The third kappa shape index (κ3) is 3.60. The van der Waals surface area contributed by atoms with E-state index in [4.69, 9.17) is 10.5 Å². The number of alkyl halides is 3. The molecule has 2 N–H and O–H groups in total. The molecule has 5 nitrogen and oxygen atoms in total. The normalized spacial score (nSPS) is 11.5. The Morgan fingerprint density at radius 3 is 2.48 bits per heavy atom. The number of benzene rings is 1. The van der Waals surface area contributed by atoms with Crippen LogP contribution in [-0.4, -0.2) is 16.1 Å². The highest BCUT2D eigenvalue weighted by molar-refractivity contribution is 9.10. The van der Waals surface area contributed by atoms with Gasteiger partial charge >= 0.3 is 6.36 Å². The fourth-order valence-corrected chi connectivity index (χ4v) is 2.08. The van der Waals surface area contributed by atoms with Crippen molar-refractivity contribution in [3.8, 4) is 17.4 Å². The molecule has 0 fully saturated rings. The van der Waals surface area contributed by atoms with Crippen molar-refractivity contribution in [1.29, 1.82) is 0 Å². The van der Waals surface area contributed by atoms with Gasteiger partial charge in [0.05, 0.1) is 10.2 Å². The second-order valence-electron chi connectivity index (χ2n) is 4.17. The third-order valence-corrected chi connectivity index (χ3v) is 3.18. The average molecular weight is 366 g/mol. The van der Waals surface area contributed by atoms with Crippen LogP contribution in [0.1, 0.15) is 5.69 Å². The van der Waals surface area contributed by atoms with Gasteiger partial charge in [-0.15, -0.1) is 13.2 Å². The number of nitrogens with two attached hydrogens (primary N) is 1. The topological polar surface area (TPSA) is 62.3 Å². The van der Waals surface area contributed by atoms with E-state index < -0.39 is 6.36 Å². The fraction of sp³-hybridized carbons (Fsp3) is 0.250. The van der Waals surface area contributed by atoms with Crippen molar-refractivity contribution in [2.24, 2.45) is 7.05 Å². The van der Waals surface area contributed by atoms with E-state index in [2.05, 4.69) is 25.8 Å². The zero-order chi connectivity index (χ0) is 15.8. The first kappa shape index (κ1) is 15.5. The summed E-state index contributed by atoms with van der Waals surface area (Å²) in [4.78, 5) is 0. The van der Waals surface area contributed by atoms with Crippen LogP contribution in [0.3, 0.4) is 0 Å². The van der Waals surface area contributed by atoms with Crippen LogP contribution in [0.15, 0.2) is 22.7 Å². The van der Waals surface area contributed by atoms with Gasteiger partial charge in [-0.05, 0) is 41.1 Å². The van der Waals surface area contributed by atoms with E-state index in [1.807, 2.05) is 0 Å². The Morgan fingerprint density at radius 2 is 2.00 bits per heavy atom. The minimum Gasteiger partial charge on any atom is -0.437 e. The number of rotatable bonds is 3. The summed E-state index contributed by atoms with van der Waals surface area (Å²) in [6.07, 6.45) is -4.76. The van der Waals surface area contributed by atoms with Crippen LogP contribution >= 0.6 is 15.9 Å². The summed E-state index contributed by atoms with van der Waals surface area (Å²) in [7, 11) is 1.65. The lowest BCUT2D eigenvalue weighted by atomic mass is 10.3. The van der Waals surface area contributed by atoms with E-state index >= 15 is 0 Å². The predicted octanol–water partition coefficient (Wildman–Crippen LogP) is 3.76. The monoisotopic (exact) mass is 365 g/mol. The number of halogens is 4. The number of aryl methyl sites for hydroxylation is 2. The van der Waals surface area contributed by atoms with E-state index in [9.17, 15) is 13.2 Å². The Labute approximate surface area is 126 Å². The second-order valence-corrected chi connectivity index (χ2v) is 5.02. The molecule has 0 spiro atoms. The second kappa shape index (κ2) is 5.47. The summed E-state index contributed by atoms with van der Waals surface area (Å²) in [6.45, 7) is 1.72. The molecule has 2 rings (SSSR count). The number of nitrogen functional groups attached to an aromatic ring is 1. The Balaban J connectivity index is 2.25. The predicted molar refractivity (Wildman–Crippen MR) is 73.3 cm³/mol. The van der Waals surface area contributed by atoms with Crippen LogP contribution in [0.25, 0.3) is 0 Å². The fourth-order valence-electron chi connectivity index (χ4n) is 1.64. The molecular formula is C12H11BrF3N3O2. The van der Waals surface area contributed by atoms with Crippen molar-refractivity contribution < 1.29 is 22.6 Å². The number of aromatic nitrogens is 2.